The van der Waals surface area contributed by atoms with Gasteiger partial charge in [0.2, 0.25) is 0 Å². The largest absolute Gasteiger partial charge is 0.496 e. The second kappa shape index (κ2) is 6.91. The third-order valence-electron chi connectivity index (χ3n) is 3.33. The van der Waals surface area contributed by atoms with Gasteiger partial charge in [-0.25, -0.2) is 0 Å². The second-order valence-electron chi connectivity index (χ2n) is 4.58. The quantitative estimate of drug-likeness (QED) is 0.878. The number of hydrogen-bond donors (Lipinski definition) is 1. The van der Waals surface area contributed by atoms with Crippen LogP contribution in [0.3, 0.4) is 0 Å². The topological polar surface area (TPSA) is 57.4 Å². The van der Waals surface area contributed by atoms with E-state index in [1.807, 2.05) is 30.3 Å². The van der Waals surface area contributed by atoms with Crippen LogP contribution in [0.1, 0.15) is 23.6 Å². The molecule has 0 amide bonds. The van der Waals surface area contributed by atoms with Crippen LogP contribution in [0.15, 0.2) is 42.7 Å². The predicted octanol–water partition coefficient (Wildman–Crippen LogP) is 2.73. The van der Waals surface area contributed by atoms with Gasteiger partial charge in [-0.2, -0.15) is 0 Å². The average molecular weight is 272 g/mol. The maximum absolute atomic E-state index is 6.32. The van der Waals surface area contributed by atoms with Crippen LogP contribution in [0.2, 0.25) is 0 Å². The Bertz CT molecular complexity index is 521. The van der Waals surface area contributed by atoms with Crippen LogP contribution >= 0.6 is 0 Å². The highest BCUT2D eigenvalue weighted by molar-refractivity contribution is 5.46. The zero-order chi connectivity index (χ0) is 14.4. The molecule has 0 saturated carbocycles. The molecule has 0 aliphatic heterocycles. The zero-order valence-electron chi connectivity index (χ0n) is 11.9. The lowest BCUT2D eigenvalue weighted by Crippen LogP contribution is -2.14. The number of hydrogen-bond acceptors (Lipinski definition) is 4. The van der Waals surface area contributed by atoms with Crippen molar-refractivity contribution in [2.24, 2.45) is 5.73 Å². The Balaban J connectivity index is 2.14. The normalized spacial score (nSPS) is 11.9. The van der Waals surface area contributed by atoms with Crippen molar-refractivity contribution in [2.45, 2.75) is 18.9 Å². The number of rotatable bonds is 6. The first kappa shape index (κ1) is 14.3. The molecule has 106 valence electrons. The van der Waals surface area contributed by atoms with E-state index in [1.165, 1.54) is 5.56 Å². The Kier molecular flexibility index (Phi) is 4.96. The van der Waals surface area contributed by atoms with Gasteiger partial charge in [0.25, 0.3) is 0 Å². The molecule has 1 heterocycles. The molecule has 1 atom stereocenters. The summed E-state index contributed by atoms with van der Waals surface area (Å²) in [6, 6.07) is 9.60. The van der Waals surface area contributed by atoms with Gasteiger partial charge in [0.05, 0.1) is 19.8 Å². The molecule has 0 spiro atoms. The van der Waals surface area contributed by atoms with E-state index in [-0.39, 0.29) is 6.04 Å². The summed E-state index contributed by atoms with van der Waals surface area (Å²) in [5.41, 5.74) is 8.47. The van der Waals surface area contributed by atoms with Crippen LogP contribution in [-0.4, -0.2) is 19.2 Å². The van der Waals surface area contributed by atoms with Gasteiger partial charge in [-0.1, -0.05) is 6.07 Å². The molecule has 0 aliphatic rings. The molecule has 0 radical (unpaired) electrons. The molecule has 1 aromatic heterocycles. The van der Waals surface area contributed by atoms with Gasteiger partial charge in [0.15, 0.2) is 0 Å². The SMILES string of the molecule is COc1cccc(OC)c1C(N)CCc1ccncc1. The number of nitrogens with zero attached hydrogens (tertiary/aromatic N) is 1. The first-order valence-corrected chi connectivity index (χ1v) is 6.61. The molecule has 4 heteroatoms. The number of ether oxygens (including phenoxy) is 2. The summed E-state index contributed by atoms with van der Waals surface area (Å²) in [6.07, 6.45) is 5.31. The van der Waals surface area contributed by atoms with E-state index in [9.17, 15) is 0 Å². The minimum absolute atomic E-state index is 0.130. The molecule has 1 unspecified atom stereocenters. The minimum atomic E-state index is -0.130. The highest BCUT2D eigenvalue weighted by Gasteiger charge is 2.17. The van der Waals surface area contributed by atoms with Crippen molar-refractivity contribution < 1.29 is 9.47 Å². The van der Waals surface area contributed by atoms with E-state index < -0.39 is 0 Å². The minimum Gasteiger partial charge on any atom is -0.496 e. The summed E-state index contributed by atoms with van der Waals surface area (Å²) in [7, 11) is 3.29. The summed E-state index contributed by atoms with van der Waals surface area (Å²) in [5, 5.41) is 0. The number of methoxy groups -OCH3 is 2. The molecule has 2 rings (SSSR count). The molecule has 2 aromatic rings. The zero-order valence-corrected chi connectivity index (χ0v) is 11.9. The second-order valence-corrected chi connectivity index (χ2v) is 4.58. The van der Waals surface area contributed by atoms with Crippen molar-refractivity contribution in [1.29, 1.82) is 0 Å². The van der Waals surface area contributed by atoms with Gasteiger partial charge in [-0.15, -0.1) is 0 Å². The Morgan fingerprint density at radius 2 is 1.65 bits per heavy atom. The first-order chi connectivity index (χ1) is 9.76. The van der Waals surface area contributed by atoms with Gasteiger partial charge in [0, 0.05) is 18.4 Å². The highest BCUT2D eigenvalue weighted by atomic mass is 16.5. The van der Waals surface area contributed by atoms with Crippen LogP contribution in [0.4, 0.5) is 0 Å². The van der Waals surface area contributed by atoms with Crippen molar-refractivity contribution >= 4 is 0 Å². The maximum atomic E-state index is 6.32. The number of aromatic nitrogens is 1. The van der Waals surface area contributed by atoms with Crippen LogP contribution in [0.5, 0.6) is 11.5 Å². The lowest BCUT2D eigenvalue weighted by Gasteiger charge is -2.18. The Labute approximate surface area is 119 Å². The summed E-state index contributed by atoms with van der Waals surface area (Å²) in [4.78, 5) is 4.01. The highest BCUT2D eigenvalue weighted by Crippen LogP contribution is 2.34. The summed E-state index contributed by atoms with van der Waals surface area (Å²) >= 11 is 0. The Morgan fingerprint density at radius 1 is 1.05 bits per heavy atom. The third-order valence-corrected chi connectivity index (χ3v) is 3.33. The van der Waals surface area contributed by atoms with E-state index >= 15 is 0 Å². The van der Waals surface area contributed by atoms with Gasteiger partial charge in [-0.05, 0) is 42.7 Å². The Morgan fingerprint density at radius 3 is 2.20 bits per heavy atom. The van der Waals surface area contributed by atoms with Crippen molar-refractivity contribution in [2.75, 3.05) is 14.2 Å². The van der Waals surface area contributed by atoms with E-state index in [1.54, 1.807) is 26.6 Å². The number of benzene rings is 1. The lowest BCUT2D eigenvalue weighted by molar-refractivity contribution is 0.377. The summed E-state index contributed by atoms with van der Waals surface area (Å²) < 4.78 is 10.8. The van der Waals surface area contributed by atoms with Gasteiger partial charge in [0.1, 0.15) is 11.5 Å². The Hall–Kier alpha value is -2.07. The van der Waals surface area contributed by atoms with Crippen molar-refractivity contribution in [3.8, 4) is 11.5 Å². The third kappa shape index (κ3) is 3.27. The van der Waals surface area contributed by atoms with E-state index in [4.69, 9.17) is 15.2 Å². The van der Waals surface area contributed by atoms with Crippen molar-refractivity contribution in [3.05, 3.63) is 53.9 Å². The van der Waals surface area contributed by atoms with Gasteiger partial charge in [-0.3, -0.25) is 4.98 Å². The van der Waals surface area contributed by atoms with Crippen LogP contribution in [0.25, 0.3) is 0 Å². The molecule has 4 nitrogen and oxygen atoms in total. The van der Waals surface area contributed by atoms with E-state index in [2.05, 4.69) is 4.98 Å². The summed E-state index contributed by atoms with van der Waals surface area (Å²) in [5.74, 6) is 1.54. The fourth-order valence-electron chi connectivity index (χ4n) is 2.26. The smallest absolute Gasteiger partial charge is 0.127 e. The predicted molar refractivity (Wildman–Crippen MR) is 79.0 cm³/mol. The van der Waals surface area contributed by atoms with Gasteiger partial charge < -0.3 is 15.2 Å². The molecular formula is C16H20N2O2. The van der Waals surface area contributed by atoms with Crippen LogP contribution in [-0.2, 0) is 6.42 Å². The van der Waals surface area contributed by atoms with E-state index in [0.29, 0.717) is 0 Å². The molecule has 0 aliphatic carbocycles. The lowest BCUT2D eigenvalue weighted by atomic mass is 9.98. The monoisotopic (exact) mass is 272 g/mol. The average Bonchev–Trinajstić information content (AvgIpc) is 2.52. The maximum Gasteiger partial charge on any atom is 0.127 e. The van der Waals surface area contributed by atoms with Crippen LogP contribution in [0, 0.1) is 0 Å². The fraction of sp³-hybridized carbons (Fsp3) is 0.312. The van der Waals surface area contributed by atoms with Crippen molar-refractivity contribution in [3.63, 3.8) is 0 Å². The molecular weight excluding hydrogens is 252 g/mol. The van der Waals surface area contributed by atoms with E-state index in [0.717, 1.165) is 29.9 Å². The summed E-state index contributed by atoms with van der Waals surface area (Å²) in [6.45, 7) is 0. The fourth-order valence-corrected chi connectivity index (χ4v) is 2.26. The standard InChI is InChI=1S/C16H20N2O2/c1-19-14-4-3-5-15(20-2)16(14)13(17)7-6-12-8-10-18-11-9-12/h3-5,8-11,13H,6-7,17H2,1-2H3. The molecule has 0 bridgehead atoms. The number of pyridine rings is 1. The molecule has 0 saturated heterocycles. The molecule has 20 heavy (non-hydrogen) atoms. The number of aryl methyl sites for hydroxylation is 1. The van der Waals surface area contributed by atoms with Gasteiger partial charge >= 0.3 is 0 Å². The first-order valence-electron chi connectivity index (χ1n) is 6.61. The molecule has 2 N–H and O–H groups in total. The van der Waals surface area contributed by atoms with Crippen LogP contribution < -0.4 is 15.2 Å². The molecule has 0 fully saturated rings. The molecule has 1 aromatic carbocycles. The van der Waals surface area contributed by atoms with Crippen molar-refractivity contribution in [1.82, 2.24) is 4.98 Å². The number of nitrogens with two attached hydrogens (primary N) is 1.